The fraction of sp³-hybridized carbons (Fsp3) is 0.231. The van der Waals surface area contributed by atoms with Gasteiger partial charge in [0, 0.05) is 11.3 Å². The molecule has 0 saturated carbocycles. The van der Waals surface area contributed by atoms with E-state index >= 15 is 0 Å². The first kappa shape index (κ1) is 14.5. The zero-order valence-corrected chi connectivity index (χ0v) is 10.3. The van der Waals surface area contributed by atoms with Gasteiger partial charge in [0.25, 0.3) is 0 Å². The third-order valence-corrected chi connectivity index (χ3v) is 2.40. The van der Waals surface area contributed by atoms with Crippen LogP contribution in [0.3, 0.4) is 0 Å². The average Bonchev–Trinajstić information content (AvgIpc) is 2.34. The van der Waals surface area contributed by atoms with Crippen LogP contribution in [-0.4, -0.2) is 35.1 Å². The topological polar surface area (TPSA) is 69.6 Å². The number of benzene rings is 1. The molecule has 0 bridgehead atoms. The number of urea groups is 1. The van der Waals surface area contributed by atoms with Crippen LogP contribution < -0.4 is 5.32 Å². The lowest BCUT2D eigenvalue weighted by Crippen LogP contribution is -2.39. The molecule has 100 valence electrons. The Kier molecular flexibility index (Phi) is 4.89. The Morgan fingerprint density at radius 1 is 1.53 bits per heavy atom. The molecule has 5 nitrogen and oxygen atoms in total. The van der Waals surface area contributed by atoms with Crippen LogP contribution in [0.5, 0.6) is 0 Å². The second-order valence-electron chi connectivity index (χ2n) is 3.80. The van der Waals surface area contributed by atoms with Gasteiger partial charge in [-0.05, 0) is 19.1 Å². The first-order chi connectivity index (χ1) is 8.95. The van der Waals surface area contributed by atoms with E-state index in [1.54, 1.807) is 0 Å². The zero-order chi connectivity index (χ0) is 14.4. The summed E-state index contributed by atoms with van der Waals surface area (Å²) in [5.41, 5.74) is 0.546. The molecule has 0 unspecified atom stereocenters. The highest BCUT2D eigenvalue weighted by atomic mass is 19.1. The summed E-state index contributed by atoms with van der Waals surface area (Å²) in [7, 11) is 0. The predicted octanol–water partition coefficient (Wildman–Crippen LogP) is 1.69. The average molecular weight is 264 g/mol. The number of amides is 2. The largest absolute Gasteiger partial charge is 0.480 e. The van der Waals surface area contributed by atoms with Crippen molar-refractivity contribution in [2.45, 2.75) is 6.92 Å². The number of nitrogens with zero attached hydrogens (tertiary/aromatic N) is 1. The lowest BCUT2D eigenvalue weighted by Gasteiger charge is -2.19. The van der Waals surface area contributed by atoms with Crippen LogP contribution in [0.4, 0.5) is 14.9 Å². The van der Waals surface area contributed by atoms with E-state index < -0.39 is 24.4 Å². The minimum Gasteiger partial charge on any atom is -0.480 e. The summed E-state index contributed by atoms with van der Waals surface area (Å²) in [6.07, 6.45) is 5.07. The van der Waals surface area contributed by atoms with Crippen molar-refractivity contribution in [3.8, 4) is 12.3 Å². The van der Waals surface area contributed by atoms with Gasteiger partial charge in [0.2, 0.25) is 0 Å². The molecule has 2 N–H and O–H groups in total. The second kappa shape index (κ2) is 6.40. The van der Waals surface area contributed by atoms with E-state index in [0.29, 0.717) is 0 Å². The summed E-state index contributed by atoms with van der Waals surface area (Å²) >= 11 is 0. The molecule has 0 aliphatic rings. The van der Waals surface area contributed by atoms with Gasteiger partial charge in [0.15, 0.2) is 0 Å². The SMILES string of the molecule is C#CCN(CC(=O)O)C(=O)Nc1cccc(F)c1C. The summed E-state index contributed by atoms with van der Waals surface area (Å²) in [6.45, 7) is 0.838. The van der Waals surface area contributed by atoms with E-state index in [-0.39, 0.29) is 17.8 Å². The molecule has 0 fully saturated rings. The molecule has 0 atom stereocenters. The molecule has 19 heavy (non-hydrogen) atoms. The van der Waals surface area contributed by atoms with Crippen molar-refractivity contribution in [2.75, 3.05) is 18.4 Å². The van der Waals surface area contributed by atoms with Gasteiger partial charge < -0.3 is 15.3 Å². The molecule has 0 heterocycles. The Balaban J connectivity index is 2.84. The maximum absolute atomic E-state index is 13.3. The highest BCUT2D eigenvalue weighted by Gasteiger charge is 2.17. The Bertz CT molecular complexity index is 537. The molecule has 0 aliphatic heterocycles. The van der Waals surface area contributed by atoms with E-state index in [1.165, 1.54) is 25.1 Å². The van der Waals surface area contributed by atoms with E-state index in [4.69, 9.17) is 11.5 Å². The monoisotopic (exact) mass is 264 g/mol. The third kappa shape index (κ3) is 4.00. The Hall–Kier alpha value is -2.55. The summed E-state index contributed by atoms with van der Waals surface area (Å²) in [4.78, 5) is 23.4. The van der Waals surface area contributed by atoms with Gasteiger partial charge in [0.05, 0.1) is 6.54 Å². The van der Waals surface area contributed by atoms with E-state index in [2.05, 4.69) is 11.2 Å². The molecule has 1 aromatic carbocycles. The van der Waals surface area contributed by atoms with Crippen LogP contribution in [0.1, 0.15) is 5.56 Å². The maximum atomic E-state index is 13.3. The van der Waals surface area contributed by atoms with Gasteiger partial charge >= 0.3 is 12.0 Å². The molecular weight excluding hydrogens is 251 g/mol. The van der Waals surface area contributed by atoms with Crippen molar-refractivity contribution in [2.24, 2.45) is 0 Å². The maximum Gasteiger partial charge on any atom is 0.323 e. The molecule has 0 saturated heterocycles. The number of carbonyl (C=O) groups is 2. The van der Waals surface area contributed by atoms with Crippen molar-refractivity contribution in [3.05, 3.63) is 29.6 Å². The van der Waals surface area contributed by atoms with Gasteiger partial charge in [-0.2, -0.15) is 0 Å². The van der Waals surface area contributed by atoms with E-state index in [1.807, 2.05) is 0 Å². The van der Waals surface area contributed by atoms with E-state index in [9.17, 15) is 14.0 Å². The third-order valence-electron chi connectivity index (χ3n) is 2.40. The molecule has 0 aromatic heterocycles. The molecule has 6 heteroatoms. The lowest BCUT2D eigenvalue weighted by molar-refractivity contribution is -0.137. The van der Waals surface area contributed by atoms with Crippen molar-refractivity contribution in [3.63, 3.8) is 0 Å². The summed E-state index contributed by atoms with van der Waals surface area (Å²) in [6, 6.07) is 3.54. The van der Waals surface area contributed by atoms with Crippen molar-refractivity contribution < 1.29 is 19.1 Å². The summed E-state index contributed by atoms with van der Waals surface area (Å²) in [5.74, 6) is 0.555. The molecule has 1 aromatic rings. The number of carboxylic acid groups (broad SMARTS) is 1. The summed E-state index contributed by atoms with van der Waals surface area (Å²) < 4.78 is 13.3. The quantitative estimate of drug-likeness (QED) is 0.813. The standard InChI is InChI=1S/C13H13FN2O3/c1-3-7-16(8-12(17)18)13(19)15-11-6-4-5-10(14)9(11)2/h1,4-6H,7-8H2,2H3,(H,15,19)(H,17,18). The number of carboxylic acids is 1. The number of carbonyl (C=O) groups excluding carboxylic acids is 1. The molecule has 0 radical (unpaired) electrons. The van der Waals surface area contributed by atoms with Crippen LogP contribution in [-0.2, 0) is 4.79 Å². The number of hydrogen-bond donors (Lipinski definition) is 2. The van der Waals surface area contributed by atoms with Crippen LogP contribution in [0, 0.1) is 25.1 Å². The van der Waals surface area contributed by atoms with Crippen molar-refractivity contribution >= 4 is 17.7 Å². The number of halogens is 1. The first-order valence-electron chi connectivity index (χ1n) is 5.42. The number of rotatable bonds is 4. The zero-order valence-electron chi connectivity index (χ0n) is 10.3. The highest BCUT2D eigenvalue weighted by molar-refractivity contribution is 5.92. The van der Waals surface area contributed by atoms with E-state index in [0.717, 1.165) is 4.90 Å². The Morgan fingerprint density at radius 3 is 2.79 bits per heavy atom. The predicted molar refractivity (Wildman–Crippen MR) is 68.2 cm³/mol. The fourth-order valence-electron chi connectivity index (χ4n) is 1.41. The lowest BCUT2D eigenvalue weighted by atomic mass is 10.2. The Labute approximate surface area is 110 Å². The minimum atomic E-state index is -1.18. The number of aliphatic carboxylic acids is 1. The highest BCUT2D eigenvalue weighted by Crippen LogP contribution is 2.17. The number of terminal acetylenes is 1. The van der Waals surface area contributed by atoms with Gasteiger partial charge in [-0.1, -0.05) is 12.0 Å². The van der Waals surface area contributed by atoms with Crippen LogP contribution in [0.15, 0.2) is 18.2 Å². The van der Waals surface area contributed by atoms with Gasteiger partial charge in [-0.25, -0.2) is 9.18 Å². The molecule has 1 rings (SSSR count). The molecular formula is C13H13FN2O3. The smallest absolute Gasteiger partial charge is 0.323 e. The number of hydrogen-bond acceptors (Lipinski definition) is 2. The molecule has 0 aliphatic carbocycles. The van der Waals surface area contributed by atoms with Crippen LogP contribution in [0.2, 0.25) is 0 Å². The fourth-order valence-corrected chi connectivity index (χ4v) is 1.41. The number of nitrogens with one attached hydrogen (secondary N) is 1. The summed E-state index contributed by atoms with van der Waals surface area (Å²) in [5, 5.41) is 11.1. The van der Waals surface area contributed by atoms with Crippen LogP contribution in [0.25, 0.3) is 0 Å². The van der Waals surface area contributed by atoms with Gasteiger partial charge in [-0.15, -0.1) is 6.42 Å². The second-order valence-corrected chi connectivity index (χ2v) is 3.80. The first-order valence-corrected chi connectivity index (χ1v) is 5.42. The van der Waals surface area contributed by atoms with Gasteiger partial charge in [-0.3, -0.25) is 4.79 Å². The normalized spacial score (nSPS) is 9.53. The molecule has 2 amide bonds. The van der Waals surface area contributed by atoms with Crippen LogP contribution >= 0.6 is 0 Å². The van der Waals surface area contributed by atoms with Gasteiger partial charge in [0.1, 0.15) is 12.4 Å². The van der Waals surface area contributed by atoms with Crippen molar-refractivity contribution in [1.82, 2.24) is 4.90 Å². The Morgan fingerprint density at radius 2 is 2.21 bits per heavy atom. The molecule has 0 spiro atoms. The number of anilines is 1. The minimum absolute atomic E-state index is 0.146. The van der Waals surface area contributed by atoms with Crippen molar-refractivity contribution in [1.29, 1.82) is 0 Å².